The van der Waals surface area contributed by atoms with Gasteiger partial charge in [0, 0.05) is 17.1 Å². The average Bonchev–Trinajstić information content (AvgIpc) is 2.50. The number of aromatic nitrogens is 2. The molecule has 0 radical (unpaired) electrons. The molecule has 4 nitrogen and oxygen atoms in total. The lowest BCUT2D eigenvalue weighted by Gasteiger charge is -2.12. The predicted molar refractivity (Wildman–Crippen MR) is 93.0 cm³/mol. The van der Waals surface area contributed by atoms with E-state index in [0.29, 0.717) is 5.82 Å². The highest BCUT2D eigenvalue weighted by Crippen LogP contribution is 2.33. The van der Waals surface area contributed by atoms with Crippen molar-refractivity contribution in [3.05, 3.63) is 32.8 Å². The number of hydrogen-bond donors (Lipinski definition) is 1. The molecule has 0 amide bonds. The van der Waals surface area contributed by atoms with E-state index in [0.717, 1.165) is 44.6 Å². The van der Waals surface area contributed by atoms with E-state index in [1.165, 1.54) is 0 Å². The van der Waals surface area contributed by atoms with Gasteiger partial charge in [0.2, 0.25) is 0 Å². The van der Waals surface area contributed by atoms with Crippen LogP contribution in [0, 0.1) is 0 Å². The second-order valence-corrected chi connectivity index (χ2v) is 6.15. The molecule has 2 aromatic rings. The fraction of sp³-hybridized carbons (Fsp3) is 0.333. The van der Waals surface area contributed by atoms with Gasteiger partial charge in [-0.05, 0) is 40.5 Å². The third kappa shape index (κ3) is 3.55. The van der Waals surface area contributed by atoms with Crippen molar-refractivity contribution in [1.82, 2.24) is 9.97 Å². The van der Waals surface area contributed by atoms with Crippen LogP contribution < -0.4 is 10.1 Å². The molecule has 1 N–H and O–H groups in total. The van der Waals surface area contributed by atoms with Crippen molar-refractivity contribution in [2.24, 2.45) is 0 Å². The van der Waals surface area contributed by atoms with Crippen molar-refractivity contribution in [2.45, 2.75) is 19.8 Å². The molecule has 1 aromatic carbocycles. The largest absolute Gasteiger partial charge is 0.497 e. The first-order valence-corrected chi connectivity index (χ1v) is 8.27. The summed E-state index contributed by atoms with van der Waals surface area (Å²) in [7, 11) is 3.50. The van der Waals surface area contributed by atoms with Gasteiger partial charge in [-0.25, -0.2) is 9.97 Å². The van der Waals surface area contributed by atoms with Gasteiger partial charge in [-0.3, -0.25) is 0 Å². The highest BCUT2D eigenvalue weighted by molar-refractivity contribution is 9.11. The number of ether oxygens (including phenoxy) is 1. The summed E-state index contributed by atoms with van der Waals surface area (Å²) < 4.78 is 7.15. The molecule has 1 aromatic heterocycles. The van der Waals surface area contributed by atoms with E-state index >= 15 is 0 Å². The number of hydrogen-bond acceptors (Lipinski definition) is 4. The molecule has 0 unspecified atom stereocenters. The van der Waals surface area contributed by atoms with Crippen LogP contribution in [0.3, 0.4) is 0 Å². The maximum atomic E-state index is 5.29. The summed E-state index contributed by atoms with van der Waals surface area (Å²) in [4.78, 5) is 9.28. The minimum atomic E-state index is 0.678. The number of aryl methyl sites for hydroxylation is 1. The van der Waals surface area contributed by atoms with Gasteiger partial charge in [0.1, 0.15) is 11.6 Å². The molecule has 112 valence electrons. The Morgan fingerprint density at radius 2 is 2.00 bits per heavy atom. The maximum absolute atomic E-state index is 5.29. The first kappa shape index (κ1) is 16.2. The fourth-order valence-electron chi connectivity index (χ4n) is 1.98. The molecule has 0 aliphatic carbocycles. The van der Waals surface area contributed by atoms with E-state index in [-0.39, 0.29) is 0 Å². The Labute approximate surface area is 141 Å². The molecule has 0 saturated carbocycles. The van der Waals surface area contributed by atoms with Gasteiger partial charge >= 0.3 is 0 Å². The Bertz CT molecular complexity index is 647. The summed E-state index contributed by atoms with van der Waals surface area (Å²) in [5, 5.41) is 3.11. The summed E-state index contributed by atoms with van der Waals surface area (Å²) in [6.45, 7) is 2.13. The zero-order valence-corrected chi connectivity index (χ0v) is 15.4. The van der Waals surface area contributed by atoms with E-state index in [9.17, 15) is 0 Å². The first-order chi connectivity index (χ1) is 10.1. The molecular formula is C15H17Br2N3O. The Balaban J connectivity index is 2.60. The molecule has 0 aliphatic heterocycles. The van der Waals surface area contributed by atoms with Gasteiger partial charge in [-0.15, -0.1) is 0 Å². The monoisotopic (exact) mass is 413 g/mol. The fourth-order valence-corrected chi connectivity index (χ4v) is 2.98. The Morgan fingerprint density at radius 3 is 2.62 bits per heavy atom. The second-order valence-electron chi connectivity index (χ2n) is 4.50. The zero-order valence-electron chi connectivity index (χ0n) is 12.2. The Kier molecular flexibility index (Phi) is 5.58. The van der Waals surface area contributed by atoms with Gasteiger partial charge in [0.15, 0.2) is 5.82 Å². The zero-order chi connectivity index (χ0) is 15.4. The molecule has 21 heavy (non-hydrogen) atoms. The maximum Gasteiger partial charge on any atom is 0.163 e. The molecule has 0 bridgehead atoms. The normalized spacial score (nSPS) is 10.5. The molecule has 1 heterocycles. The van der Waals surface area contributed by atoms with Crippen molar-refractivity contribution >= 4 is 37.7 Å². The summed E-state index contributed by atoms with van der Waals surface area (Å²) in [5.74, 6) is 2.25. The van der Waals surface area contributed by atoms with Gasteiger partial charge in [0.25, 0.3) is 0 Å². The quantitative estimate of drug-likeness (QED) is 0.771. The first-order valence-electron chi connectivity index (χ1n) is 6.68. The molecule has 0 saturated heterocycles. The molecule has 0 fully saturated rings. The van der Waals surface area contributed by atoms with Gasteiger partial charge in [-0.1, -0.05) is 29.3 Å². The average molecular weight is 415 g/mol. The summed E-state index contributed by atoms with van der Waals surface area (Å²) in [6.07, 6.45) is 1.92. The minimum Gasteiger partial charge on any atom is -0.497 e. The Hall–Kier alpha value is -1.14. The third-order valence-corrected chi connectivity index (χ3v) is 4.58. The number of nitrogens with one attached hydrogen (secondary N) is 1. The van der Waals surface area contributed by atoms with Crippen molar-refractivity contribution in [3.63, 3.8) is 0 Å². The standard InChI is InChI=1S/C15H17Br2N3O/c1-4-5-12-13(17)15(18-2)20-14(19-12)10-8-9(21-3)6-7-11(10)16/h6-8H,4-5H2,1-3H3,(H,18,19,20). The van der Waals surface area contributed by atoms with Crippen LogP contribution >= 0.6 is 31.9 Å². The number of halogens is 2. The molecular weight excluding hydrogens is 398 g/mol. The van der Waals surface area contributed by atoms with Crippen LogP contribution in [0.1, 0.15) is 19.0 Å². The SMILES string of the molecule is CCCc1nc(-c2cc(OC)ccc2Br)nc(NC)c1Br. The number of nitrogens with zero attached hydrogens (tertiary/aromatic N) is 2. The molecule has 2 rings (SSSR count). The third-order valence-electron chi connectivity index (χ3n) is 3.06. The van der Waals surface area contributed by atoms with Crippen LogP contribution in [-0.4, -0.2) is 24.1 Å². The number of benzene rings is 1. The molecule has 0 atom stereocenters. The Morgan fingerprint density at radius 1 is 1.24 bits per heavy atom. The number of methoxy groups -OCH3 is 1. The van der Waals surface area contributed by atoms with E-state index in [1.807, 2.05) is 25.2 Å². The van der Waals surface area contributed by atoms with Crippen LogP contribution in [0.5, 0.6) is 5.75 Å². The number of rotatable bonds is 5. The second kappa shape index (κ2) is 7.22. The van der Waals surface area contributed by atoms with Gasteiger partial charge < -0.3 is 10.1 Å². The molecule has 0 aliphatic rings. The topological polar surface area (TPSA) is 47.0 Å². The number of anilines is 1. The van der Waals surface area contributed by atoms with Crippen LogP contribution in [0.2, 0.25) is 0 Å². The van der Waals surface area contributed by atoms with Crippen molar-refractivity contribution in [3.8, 4) is 17.1 Å². The van der Waals surface area contributed by atoms with Gasteiger partial charge in [0.05, 0.1) is 17.3 Å². The van der Waals surface area contributed by atoms with Gasteiger partial charge in [-0.2, -0.15) is 0 Å². The van der Waals surface area contributed by atoms with Crippen LogP contribution in [-0.2, 0) is 6.42 Å². The summed E-state index contributed by atoms with van der Waals surface area (Å²) in [6, 6.07) is 5.78. The lowest BCUT2D eigenvalue weighted by Crippen LogP contribution is -2.03. The van der Waals surface area contributed by atoms with Crippen LogP contribution in [0.25, 0.3) is 11.4 Å². The molecule has 0 spiro atoms. The lowest BCUT2D eigenvalue weighted by atomic mass is 10.2. The summed E-state index contributed by atoms with van der Waals surface area (Å²) >= 11 is 7.13. The van der Waals surface area contributed by atoms with Crippen molar-refractivity contribution < 1.29 is 4.74 Å². The molecule has 6 heteroatoms. The summed E-state index contributed by atoms with van der Waals surface area (Å²) in [5.41, 5.74) is 1.91. The van der Waals surface area contributed by atoms with Crippen molar-refractivity contribution in [1.29, 1.82) is 0 Å². The highest BCUT2D eigenvalue weighted by atomic mass is 79.9. The van der Waals surface area contributed by atoms with Crippen molar-refractivity contribution in [2.75, 3.05) is 19.5 Å². The smallest absolute Gasteiger partial charge is 0.163 e. The predicted octanol–water partition coefficient (Wildman–Crippen LogP) is 4.67. The lowest BCUT2D eigenvalue weighted by molar-refractivity contribution is 0.415. The van der Waals surface area contributed by atoms with Crippen LogP contribution in [0.4, 0.5) is 5.82 Å². The van der Waals surface area contributed by atoms with E-state index in [1.54, 1.807) is 7.11 Å². The minimum absolute atomic E-state index is 0.678. The van der Waals surface area contributed by atoms with E-state index in [4.69, 9.17) is 9.72 Å². The highest BCUT2D eigenvalue weighted by Gasteiger charge is 2.14. The van der Waals surface area contributed by atoms with Crippen LogP contribution in [0.15, 0.2) is 27.1 Å². The van der Waals surface area contributed by atoms with E-state index < -0.39 is 0 Å². The van der Waals surface area contributed by atoms with E-state index in [2.05, 4.69) is 49.1 Å².